The van der Waals surface area contributed by atoms with Crippen LogP contribution >= 0.6 is 0 Å². The summed E-state index contributed by atoms with van der Waals surface area (Å²) in [6.07, 6.45) is 2.13. The Hall–Kier alpha value is -1.40. The third-order valence-electron chi connectivity index (χ3n) is 4.43. The molecule has 6 nitrogen and oxygen atoms in total. The van der Waals surface area contributed by atoms with Gasteiger partial charge in [0.25, 0.3) is 0 Å². The molecule has 0 radical (unpaired) electrons. The molecule has 1 fully saturated rings. The number of carboxylic acid groups (broad SMARTS) is 1. The van der Waals surface area contributed by atoms with Gasteiger partial charge in [-0.05, 0) is 25.8 Å². The number of ether oxygens (including phenoxy) is 1. The minimum atomic E-state index is -0.725. The number of hydrogen-bond acceptors (Lipinski definition) is 5. The first-order valence-electron chi connectivity index (χ1n) is 7.87. The quantitative estimate of drug-likeness (QED) is 0.834. The summed E-state index contributed by atoms with van der Waals surface area (Å²) >= 11 is 0. The number of methoxy groups -OCH3 is 1. The number of carbonyl (C=O) groups is 1. The topological polar surface area (TPSA) is 75.8 Å². The van der Waals surface area contributed by atoms with Gasteiger partial charge in [-0.25, -0.2) is 0 Å². The van der Waals surface area contributed by atoms with Crippen LogP contribution in [-0.4, -0.2) is 47.9 Å². The van der Waals surface area contributed by atoms with Gasteiger partial charge in [-0.1, -0.05) is 19.0 Å². The van der Waals surface area contributed by atoms with Gasteiger partial charge in [-0.2, -0.15) is 0 Å². The van der Waals surface area contributed by atoms with Crippen molar-refractivity contribution in [2.75, 3.05) is 26.8 Å². The molecular weight excluding hydrogens is 284 g/mol. The molecule has 1 aliphatic heterocycles. The molecule has 0 aromatic carbocycles. The van der Waals surface area contributed by atoms with Crippen LogP contribution in [0.3, 0.4) is 0 Å². The third-order valence-corrected chi connectivity index (χ3v) is 4.43. The zero-order chi connectivity index (χ0) is 16.2. The molecular formula is C16H26N2O4. The summed E-state index contributed by atoms with van der Waals surface area (Å²) in [5.74, 6) is 0.454. The van der Waals surface area contributed by atoms with Crippen molar-refractivity contribution in [3.63, 3.8) is 0 Å². The Labute approximate surface area is 131 Å². The lowest BCUT2D eigenvalue weighted by atomic mass is 9.77. The lowest BCUT2D eigenvalue weighted by molar-refractivity contribution is -0.154. The number of piperidine rings is 1. The van der Waals surface area contributed by atoms with Gasteiger partial charge in [-0.3, -0.25) is 9.69 Å². The third kappa shape index (κ3) is 3.87. The Bertz CT molecular complexity index is 500. The number of carboxylic acids is 1. The van der Waals surface area contributed by atoms with Crippen LogP contribution in [0.2, 0.25) is 0 Å². The second kappa shape index (κ2) is 7.24. The van der Waals surface area contributed by atoms with Crippen molar-refractivity contribution in [3.05, 3.63) is 17.5 Å². The molecule has 1 aromatic rings. The van der Waals surface area contributed by atoms with E-state index >= 15 is 0 Å². The van der Waals surface area contributed by atoms with E-state index in [-0.39, 0.29) is 0 Å². The summed E-state index contributed by atoms with van der Waals surface area (Å²) in [5, 5.41) is 13.8. The zero-order valence-corrected chi connectivity index (χ0v) is 13.7. The molecule has 2 rings (SSSR count). The summed E-state index contributed by atoms with van der Waals surface area (Å²) in [5.41, 5.74) is 0.162. The van der Waals surface area contributed by atoms with Crippen LogP contribution in [0.25, 0.3) is 0 Å². The predicted octanol–water partition coefficient (Wildman–Crippen LogP) is 2.50. The van der Waals surface area contributed by atoms with Crippen molar-refractivity contribution in [2.45, 2.75) is 45.6 Å². The molecule has 1 N–H and O–H groups in total. The predicted molar refractivity (Wildman–Crippen MR) is 81.7 cm³/mol. The summed E-state index contributed by atoms with van der Waals surface area (Å²) in [6.45, 7) is 6.66. The fourth-order valence-electron chi connectivity index (χ4n) is 3.05. The van der Waals surface area contributed by atoms with Crippen LogP contribution in [0.1, 0.15) is 50.5 Å². The maximum atomic E-state index is 11.8. The molecule has 0 spiro atoms. The maximum absolute atomic E-state index is 11.8. The highest BCUT2D eigenvalue weighted by Crippen LogP contribution is 2.34. The monoisotopic (exact) mass is 310 g/mol. The Morgan fingerprint density at radius 2 is 2.36 bits per heavy atom. The molecule has 124 valence electrons. The summed E-state index contributed by atoms with van der Waals surface area (Å²) < 4.78 is 10.4. The van der Waals surface area contributed by atoms with Gasteiger partial charge >= 0.3 is 5.97 Å². The average Bonchev–Trinajstić information content (AvgIpc) is 2.94. The van der Waals surface area contributed by atoms with Gasteiger partial charge in [0.15, 0.2) is 0 Å². The largest absolute Gasteiger partial charge is 0.481 e. The molecule has 6 heteroatoms. The van der Waals surface area contributed by atoms with Crippen LogP contribution in [0, 0.1) is 5.41 Å². The maximum Gasteiger partial charge on any atom is 0.311 e. The smallest absolute Gasteiger partial charge is 0.311 e. The summed E-state index contributed by atoms with van der Waals surface area (Å²) in [4.78, 5) is 13.9. The fourth-order valence-corrected chi connectivity index (χ4v) is 3.05. The lowest BCUT2D eigenvalue weighted by Gasteiger charge is -2.39. The minimum Gasteiger partial charge on any atom is -0.481 e. The number of aromatic nitrogens is 1. The van der Waals surface area contributed by atoms with Crippen LogP contribution in [-0.2, 0) is 16.1 Å². The van der Waals surface area contributed by atoms with E-state index in [4.69, 9.17) is 9.26 Å². The van der Waals surface area contributed by atoms with Crippen LogP contribution < -0.4 is 0 Å². The van der Waals surface area contributed by atoms with Gasteiger partial charge in [0.2, 0.25) is 0 Å². The number of aliphatic carboxylic acids is 1. The number of nitrogens with zero attached hydrogens (tertiary/aromatic N) is 2. The normalized spacial score (nSPS) is 23.1. The van der Waals surface area contributed by atoms with Crippen molar-refractivity contribution >= 4 is 5.97 Å². The van der Waals surface area contributed by atoms with Crippen LogP contribution in [0.5, 0.6) is 0 Å². The van der Waals surface area contributed by atoms with Gasteiger partial charge in [0.1, 0.15) is 5.76 Å². The van der Waals surface area contributed by atoms with E-state index in [2.05, 4.69) is 23.9 Å². The molecule has 0 aliphatic carbocycles. The van der Waals surface area contributed by atoms with Crippen molar-refractivity contribution in [3.8, 4) is 0 Å². The molecule has 1 aromatic heterocycles. The molecule has 0 bridgehead atoms. The highest BCUT2D eigenvalue weighted by molar-refractivity contribution is 5.75. The molecule has 1 aliphatic rings. The number of likely N-dealkylation sites (tertiary alicyclic amines) is 1. The highest BCUT2D eigenvalue weighted by Gasteiger charge is 2.42. The van der Waals surface area contributed by atoms with E-state index in [0.29, 0.717) is 38.5 Å². The first kappa shape index (κ1) is 17.0. The molecule has 22 heavy (non-hydrogen) atoms. The van der Waals surface area contributed by atoms with E-state index in [0.717, 1.165) is 24.4 Å². The van der Waals surface area contributed by atoms with Crippen LogP contribution in [0.15, 0.2) is 10.6 Å². The Kier molecular flexibility index (Phi) is 5.58. The SMILES string of the molecule is COCC[C@@]1(C(=O)O)CCCN(Cc2cc(C(C)C)on2)C1. The van der Waals surface area contributed by atoms with Crippen LogP contribution in [0.4, 0.5) is 0 Å². The molecule has 2 heterocycles. The Morgan fingerprint density at radius 3 is 2.95 bits per heavy atom. The Balaban J connectivity index is 2.03. The van der Waals surface area contributed by atoms with Crippen molar-refractivity contribution in [2.24, 2.45) is 5.41 Å². The summed E-state index contributed by atoms with van der Waals surface area (Å²) in [6, 6.07) is 1.97. The van der Waals surface area contributed by atoms with E-state index in [1.165, 1.54) is 0 Å². The van der Waals surface area contributed by atoms with Gasteiger partial charge < -0.3 is 14.4 Å². The second-order valence-electron chi connectivity index (χ2n) is 6.52. The first-order valence-corrected chi connectivity index (χ1v) is 7.87. The van der Waals surface area contributed by atoms with Gasteiger partial charge in [-0.15, -0.1) is 0 Å². The number of rotatable bonds is 7. The molecule has 1 atom stereocenters. The second-order valence-corrected chi connectivity index (χ2v) is 6.52. The van der Waals surface area contributed by atoms with Crippen molar-refractivity contribution < 1.29 is 19.2 Å². The van der Waals surface area contributed by atoms with Crippen molar-refractivity contribution in [1.82, 2.24) is 10.1 Å². The standard InChI is InChI=1S/C16H26N2O4/c1-12(2)14-9-13(17-22-14)10-18-7-4-5-16(11-18,15(19)20)6-8-21-3/h9,12H,4-8,10-11H2,1-3H3,(H,19,20)/t16-/m0/s1. The molecule has 0 unspecified atom stereocenters. The summed E-state index contributed by atoms with van der Waals surface area (Å²) in [7, 11) is 1.61. The number of hydrogen-bond donors (Lipinski definition) is 1. The molecule has 0 saturated carbocycles. The zero-order valence-electron chi connectivity index (χ0n) is 13.7. The van der Waals surface area contributed by atoms with Gasteiger partial charge in [0, 0.05) is 38.8 Å². The van der Waals surface area contributed by atoms with Crippen molar-refractivity contribution in [1.29, 1.82) is 0 Å². The highest BCUT2D eigenvalue weighted by atomic mass is 16.5. The molecule has 0 amide bonds. The minimum absolute atomic E-state index is 0.308. The Morgan fingerprint density at radius 1 is 1.59 bits per heavy atom. The fraction of sp³-hybridized carbons (Fsp3) is 0.750. The first-order chi connectivity index (χ1) is 10.5. The average molecular weight is 310 g/mol. The molecule has 1 saturated heterocycles. The van der Waals surface area contributed by atoms with E-state index in [1.54, 1.807) is 7.11 Å². The van der Waals surface area contributed by atoms with E-state index in [1.807, 2.05) is 6.07 Å². The van der Waals surface area contributed by atoms with Gasteiger partial charge in [0.05, 0.1) is 11.1 Å². The lowest BCUT2D eigenvalue weighted by Crippen LogP contribution is -2.48. The van der Waals surface area contributed by atoms with E-state index < -0.39 is 11.4 Å². The van der Waals surface area contributed by atoms with E-state index in [9.17, 15) is 9.90 Å².